The highest BCUT2D eigenvalue weighted by molar-refractivity contribution is 7.45. The summed E-state index contributed by atoms with van der Waals surface area (Å²) < 4.78 is 34.4. The number of hydrogen-bond donors (Lipinski definition) is 0. The van der Waals surface area contributed by atoms with Crippen molar-refractivity contribution in [2.24, 2.45) is 0 Å². The summed E-state index contributed by atoms with van der Waals surface area (Å²) in [6.07, 6.45) is 125. The summed E-state index contributed by atoms with van der Waals surface area (Å²) in [5.41, 5.74) is 0. The second-order valence-corrected chi connectivity index (χ2v) is 29.1. The van der Waals surface area contributed by atoms with Crippen LogP contribution >= 0.6 is 7.82 Å². The maximum absolute atomic E-state index is 12.9. The van der Waals surface area contributed by atoms with Gasteiger partial charge >= 0.3 is 11.9 Å². The Kier molecular flexibility index (Phi) is 75.5. The van der Waals surface area contributed by atoms with Crippen molar-refractivity contribution >= 4 is 19.8 Å². The smallest absolute Gasteiger partial charge is 0.306 e. The van der Waals surface area contributed by atoms with E-state index >= 15 is 0 Å². The van der Waals surface area contributed by atoms with Crippen LogP contribution in [0.4, 0.5) is 0 Å². The fraction of sp³-hybridized carbons (Fsp3) is 0.609. The van der Waals surface area contributed by atoms with Crippen LogP contribution in [0.3, 0.4) is 0 Å². The van der Waals surface area contributed by atoms with Crippen molar-refractivity contribution in [3.05, 3.63) is 207 Å². The van der Waals surface area contributed by atoms with Gasteiger partial charge in [0.2, 0.25) is 0 Å². The zero-order valence-electron chi connectivity index (χ0n) is 65.7. The van der Waals surface area contributed by atoms with E-state index in [1.54, 1.807) is 0 Å². The lowest BCUT2D eigenvalue weighted by molar-refractivity contribution is -0.870. The van der Waals surface area contributed by atoms with Crippen molar-refractivity contribution in [2.75, 3.05) is 47.5 Å². The first-order valence-electron chi connectivity index (χ1n) is 40.8. The Morgan fingerprint density at radius 3 is 0.784 bits per heavy atom. The number of phosphoric acid groups is 1. The number of quaternary nitrogens is 1. The summed E-state index contributed by atoms with van der Waals surface area (Å²) >= 11 is 0. The van der Waals surface area contributed by atoms with Crippen molar-refractivity contribution in [3.63, 3.8) is 0 Å². The number of carbonyl (C=O) groups excluding carboxylic acids is 2. The molecule has 2 atom stereocenters. The number of rotatable bonds is 73. The number of carbonyl (C=O) groups is 2. The van der Waals surface area contributed by atoms with Gasteiger partial charge in [0.1, 0.15) is 19.8 Å². The zero-order valence-corrected chi connectivity index (χ0v) is 66.6. The standard InChI is InChI=1S/C92H150NO8P/c1-6-8-10-12-14-16-18-20-22-24-26-28-30-32-34-36-38-40-42-44-45-46-47-49-51-53-55-57-59-61-63-65-67-69-71-73-75-77-79-81-83-85-92(95)101-90(89-100-102(96,97)99-87-86-93(3,4)5)88-98-91(94)84-82-80-78-76-74-72-70-68-66-64-62-60-58-56-54-52-50-48-43-41-39-37-35-33-31-29-27-25-23-21-19-17-15-13-11-9-7-2/h8-11,14-17,20-23,26-29,32-35,38-41,44-45,47,49,53,55,59,61,65,67,90H,6-7,12-13,18-19,24-25,30-31,36-37,42-43,46,48,50-52,54,56-58,60,62-64,66,68-89H2,1-5H3/b10-8-,11-9-,16-14-,17-15-,22-20-,23-21-,28-26-,29-27-,34-32-,35-33-,40-38-,41-39-,45-44-,49-47-,55-53-,61-59-,67-65-. The molecule has 0 bridgehead atoms. The summed E-state index contributed by atoms with van der Waals surface area (Å²) in [4.78, 5) is 38.2. The molecule has 0 radical (unpaired) electrons. The van der Waals surface area contributed by atoms with Crippen LogP contribution in [0.15, 0.2) is 207 Å². The van der Waals surface area contributed by atoms with Gasteiger partial charge in [-0.05, 0) is 148 Å². The third-order valence-corrected chi connectivity index (χ3v) is 17.8. The van der Waals surface area contributed by atoms with E-state index in [1.165, 1.54) is 116 Å². The SMILES string of the molecule is CC/C=C\C/C=C\C/C=C\C/C=C\C/C=C\C/C=C\C/C=C\C/C=C\C/C=C\C/C=C\C/C=C\CCCCCCCCCC(=O)OC(COC(=O)CCCCCCCCCCCCCCCCCCCC/C=C\C/C=C\C/C=C\C/C=C\C/C=C\C/C=C\CC)COP(=O)([O-])OCC[N+](C)(C)C. The van der Waals surface area contributed by atoms with Crippen molar-refractivity contribution in [2.45, 2.75) is 315 Å². The van der Waals surface area contributed by atoms with Gasteiger partial charge in [0, 0.05) is 12.8 Å². The van der Waals surface area contributed by atoms with Gasteiger partial charge in [-0.2, -0.15) is 0 Å². The number of phosphoric ester groups is 1. The monoisotopic (exact) mass is 1430 g/mol. The molecule has 0 amide bonds. The minimum Gasteiger partial charge on any atom is -0.756 e. The molecular weight excluding hydrogens is 1280 g/mol. The van der Waals surface area contributed by atoms with Crippen LogP contribution < -0.4 is 4.89 Å². The molecule has 9 nitrogen and oxygen atoms in total. The van der Waals surface area contributed by atoms with Gasteiger partial charge in [0.05, 0.1) is 27.7 Å². The largest absolute Gasteiger partial charge is 0.756 e. The molecule has 0 aliphatic carbocycles. The molecule has 0 heterocycles. The lowest BCUT2D eigenvalue weighted by atomic mass is 10.0. The Labute approximate surface area is 627 Å². The number of ether oxygens (including phenoxy) is 2. The topological polar surface area (TPSA) is 111 Å². The minimum atomic E-state index is -4.66. The fourth-order valence-corrected chi connectivity index (χ4v) is 11.4. The average Bonchev–Trinajstić information content (AvgIpc) is 0.916. The van der Waals surface area contributed by atoms with Gasteiger partial charge in [-0.3, -0.25) is 14.2 Å². The number of likely N-dealkylation sites (N-methyl/N-ethyl adjacent to an activating group) is 1. The molecule has 0 spiro atoms. The quantitative estimate of drug-likeness (QED) is 0.0195. The summed E-state index contributed by atoms with van der Waals surface area (Å²) in [6, 6.07) is 0. The fourth-order valence-electron chi connectivity index (χ4n) is 10.7. The Morgan fingerprint density at radius 1 is 0.304 bits per heavy atom. The lowest BCUT2D eigenvalue weighted by Crippen LogP contribution is -2.37. The van der Waals surface area contributed by atoms with E-state index in [-0.39, 0.29) is 32.0 Å². The summed E-state index contributed by atoms with van der Waals surface area (Å²) in [6.45, 7) is 4.00. The summed E-state index contributed by atoms with van der Waals surface area (Å²) in [5.74, 6) is -0.850. The Balaban J connectivity index is 4.06. The first-order valence-corrected chi connectivity index (χ1v) is 42.3. The maximum atomic E-state index is 12.9. The van der Waals surface area contributed by atoms with E-state index in [1.807, 2.05) is 21.1 Å². The highest BCUT2D eigenvalue weighted by atomic mass is 31.2. The molecule has 0 aliphatic rings. The molecule has 2 unspecified atom stereocenters. The second kappa shape index (κ2) is 79.7. The number of unbranched alkanes of at least 4 members (excludes halogenated alkanes) is 25. The van der Waals surface area contributed by atoms with Gasteiger partial charge < -0.3 is 27.9 Å². The molecule has 576 valence electrons. The normalized spacial score (nSPS) is 14.1. The molecule has 0 rings (SSSR count). The maximum Gasteiger partial charge on any atom is 0.306 e. The molecule has 0 saturated carbocycles. The summed E-state index contributed by atoms with van der Waals surface area (Å²) in [7, 11) is 1.14. The number of esters is 2. The van der Waals surface area contributed by atoms with E-state index in [4.69, 9.17) is 18.5 Å². The first kappa shape index (κ1) is 96.6. The van der Waals surface area contributed by atoms with Crippen molar-refractivity contribution in [1.82, 2.24) is 0 Å². The molecule has 0 aromatic rings. The van der Waals surface area contributed by atoms with Gasteiger partial charge in [0.15, 0.2) is 6.10 Å². The average molecular weight is 1430 g/mol. The number of allylic oxidation sites excluding steroid dienone is 34. The van der Waals surface area contributed by atoms with Crippen molar-refractivity contribution in [1.29, 1.82) is 0 Å². The molecule has 0 aromatic heterocycles. The van der Waals surface area contributed by atoms with Gasteiger partial charge in [-0.1, -0.05) is 355 Å². The third-order valence-electron chi connectivity index (χ3n) is 16.8. The molecule has 0 saturated heterocycles. The number of nitrogens with zero attached hydrogens (tertiary/aromatic N) is 1. The van der Waals surface area contributed by atoms with Crippen LogP contribution in [0.5, 0.6) is 0 Å². The molecule has 0 fully saturated rings. The predicted molar refractivity (Wildman–Crippen MR) is 442 cm³/mol. The van der Waals surface area contributed by atoms with Crippen LogP contribution in [0.1, 0.15) is 309 Å². The lowest BCUT2D eigenvalue weighted by Gasteiger charge is -2.28. The summed E-state index contributed by atoms with van der Waals surface area (Å²) in [5, 5.41) is 0. The number of hydrogen-bond acceptors (Lipinski definition) is 8. The van der Waals surface area contributed by atoms with Gasteiger partial charge in [0.25, 0.3) is 7.82 Å². The van der Waals surface area contributed by atoms with Gasteiger partial charge in [-0.25, -0.2) is 0 Å². The molecule has 10 heteroatoms. The van der Waals surface area contributed by atoms with Crippen molar-refractivity contribution < 1.29 is 42.1 Å². The van der Waals surface area contributed by atoms with Crippen LogP contribution in [0.2, 0.25) is 0 Å². The van der Waals surface area contributed by atoms with Crippen molar-refractivity contribution in [3.8, 4) is 0 Å². The minimum absolute atomic E-state index is 0.0418. The Bertz CT molecular complexity index is 2480. The molecule has 0 N–H and O–H groups in total. The highest BCUT2D eigenvalue weighted by Crippen LogP contribution is 2.38. The highest BCUT2D eigenvalue weighted by Gasteiger charge is 2.22. The van der Waals surface area contributed by atoms with Crippen LogP contribution in [0.25, 0.3) is 0 Å². The third kappa shape index (κ3) is 83.5. The molecular formula is C92H150NO8P. The Morgan fingerprint density at radius 2 is 0.529 bits per heavy atom. The molecule has 102 heavy (non-hydrogen) atoms. The van der Waals surface area contributed by atoms with Crippen LogP contribution in [-0.4, -0.2) is 70.0 Å². The zero-order chi connectivity index (χ0) is 74.0. The molecule has 0 aliphatic heterocycles. The van der Waals surface area contributed by atoms with Crippen LogP contribution in [0, 0.1) is 0 Å². The molecule has 0 aromatic carbocycles. The first-order chi connectivity index (χ1) is 50.0. The van der Waals surface area contributed by atoms with E-state index in [0.29, 0.717) is 17.4 Å². The van der Waals surface area contributed by atoms with E-state index in [0.717, 1.165) is 161 Å². The van der Waals surface area contributed by atoms with E-state index in [2.05, 4.69) is 220 Å². The van der Waals surface area contributed by atoms with Gasteiger partial charge in [-0.15, -0.1) is 0 Å². The predicted octanol–water partition coefficient (Wildman–Crippen LogP) is 27.1. The second-order valence-electron chi connectivity index (χ2n) is 27.7. The van der Waals surface area contributed by atoms with Crippen LogP contribution in [-0.2, 0) is 32.7 Å². The van der Waals surface area contributed by atoms with E-state index < -0.39 is 26.5 Å². The van der Waals surface area contributed by atoms with E-state index in [9.17, 15) is 19.0 Å². The Hall–Kier alpha value is -5.41.